The van der Waals surface area contributed by atoms with E-state index in [0.29, 0.717) is 5.92 Å². The van der Waals surface area contributed by atoms with Crippen molar-refractivity contribution in [2.75, 3.05) is 66.5 Å². The molecule has 3 aliphatic rings. The number of hydrogen-bond acceptors (Lipinski definition) is 3. The molecule has 3 atom stereocenters. The number of piperazine rings is 1. The van der Waals surface area contributed by atoms with Crippen molar-refractivity contribution in [3.8, 4) is 0 Å². The zero-order valence-electron chi connectivity index (χ0n) is 16.0. The summed E-state index contributed by atoms with van der Waals surface area (Å²) in [4.78, 5) is 12.1. The van der Waals surface area contributed by atoms with Crippen molar-refractivity contribution in [1.82, 2.24) is 20.0 Å². The maximum absolute atomic E-state index is 4.57. The summed E-state index contributed by atoms with van der Waals surface area (Å²) >= 11 is 0. The lowest BCUT2D eigenvalue weighted by Crippen LogP contribution is -2.48. The van der Waals surface area contributed by atoms with Crippen LogP contribution in [-0.4, -0.2) is 87.1 Å². The largest absolute Gasteiger partial charge is 0.356 e. The van der Waals surface area contributed by atoms with Crippen molar-refractivity contribution in [3.05, 3.63) is 0 Å². The van der Waals surface area contributed by atoms with Gasteiger partial charge in [0.15, 0.2) is 5.96 Å². The monoisotopic (exact) mass is 335 g/mol. The van der Waals surface area contributed by atoms with Crippen LogP contribution in [0.3, 0.4) is 0 Å². The van der Waals surface area contributed by atoms with Gasteiger partial charge in [0, 0.05) is 59.4 Å². The van der Waals surface area contributed by atoms with E-state index >= 15 is 0 Å². The first-order valence-electron chi connectivity index (χ1n) is 10.0. The number of guanidine groups is 1. The standard InChI is InChI=1S/C19H37N5/c1-16(13-23-10-8-22(3)9-11-23)12-21-19(20-2)24-14-17-6-4-5-7-18(17)15-24/h16-18H,4-15H2,1-3H3,(H,20,21). The molecular formula is C19H37N5. The molecule has 3 unspecified atom stereocenters. The van der Waals surface area contributed by atoms with Gasteiger partial charge in [0.1, 0.15) is 0 Å². The van der Waals surface area contributed by atoms with E-state index in [1.165, 1.54) is 71.5 Å². The van der Waals surface area contributed by atoms with Gasteiger partial charge < -0.3 is 20.0 Å². The molecule has 5 nitrogen and oxygen atoms in total. The normalized spacial score (nSPS) is 31.1. The van der Waals surface area contributed by atoms with E-state index in [9.17, 15) is 0 Å². The van der Waals surface area contributed by atoms with Crippen molar-refractivity contribution >= 4 is 5.96 Å². The van der Waals surface area contributed by atoms with Gasteiger partial charge in [-0.1, -0.05) is 19.8 Å². The van der Waals surface area contributed by atoms with E-state index in [-0.39, 0.29) is 0 Å². The minimum absolute atomic E-state index is 0.662. The topological polar surface area (TPSA) is 34.1 Å². The maximum Gasteiger partial charge on any atom is 0.193 e. The second-order valence-electron chi connectivity index (χ2n) is 8.35. The van der Waals surface area contributed by atoms with Gasteiger partial charge in [0.2, 0.25) is 0 Å². The van der Waals surface area contributed by atoms with Crippen LogP contribution in [0.25, 0.3) is 0 Å². The molecule has 2 saturated heterocycles. The van der Waals surface area contributed by atoms with Crippen LogP contribution in [0.5, 0.6) is 0 Å². The van der Waals surface area contributed by atoms with Gasteiger partial charge in [0.25, 0.3) is 0 Å². The Hall–Kier alpha value is -0.810. The quantitative estimate of drug-likeness (QED) is 0.625. The van der Waals surface area contributed by atoms with Crippen LogP contribution in [0, 0.1) is 17.8 Å². The summed E-state index contributed by atoms with van der Waals surface area (Å²) in [5.74, 6) is 3.63. The second kappa shape index (κ2) is 8.52. The third-order valence-electron chi connectivity index (χ3n) is 6.26. The lowest BCUT2D eigenvalue weighted by molar-refractivity contribution is 0.139. The molecule has 0 bridgehead atoms. The first-order valence-corrected chi connectivity index (χ1v) is 10.0. The summed E-state index contributed by atoms with van der Waals surface area (Å²) in [6, 6.07) is 0. The zero-order chi connectivity index (χ0) is 16.9. The average molecular weight is 336 g/mol. The number of aliphatic imine (C=N–C) groups is 1. The number of likely N-dealkylation sites (N-methyl/N-ethyl adjacent to an activating group) is 1. The first-order chi connectivity index (χ1) is 11.7. The zero-order valence-corrected chi connectivity index (χ0v) is 16.0. The number of likely N-dealkylation sites (tertiary alicyclic amines) is 1. The number of hydrogen-bond donors (Lipinski definition) is 1. The van der Waals surface area contributed by atoms with Crippen molar-refractivity contribution in [1.29, 1.82) is 0 Å². The number of nitrogens with one attached hydrogen (secondary N) is 1. The molecule has 1 saturated carbocycles. The number of nitrogens with zero attached hydrogens (tertiary/aromatic N) is 4. The van der Waals surface area contributed by atoms with Crippen LogP contribution in [-0.2, 0) is 0 Å². The lowest BCUT2D eigenvalue weighted by Gasteiger charge is -2.34. The van der Waals surface area contributed by atoms with Crippen LogP contribution in [0.15, 0.2) is 4.99 Å². The molecule has 3 fully saturated rings. The molecule has 0 amide bonds. The third kappa shape index (κ3) is 4.63. The summed E-state index contributed by atoms with van der Waals surface area (Å²) < 4.78 is 0. The fourth-order valence-electron chi connectivity index (χ4n) is 4.71. The molecule has 0 radical (unpaired) electrons. The smallest absolute Gasteiger partial charge is 0.193 e. The fraction of sp³-hybridized carbons (Fsp3) is 0.947. The van der Waals surface area contributed by atoms with Gasteiger partial charge in [-0.05, 0) is 37.6 Å². The molecular weight excluding hydrogens is 298 g/mol. The Morgan fingerprint density at radius 2 is 1.71 bits per heavy atom. The van der Waals surface area contributed by atoms with E-state index < -0.39 is 0 Å². The predicted octanol–water partition coefficient (Wildman–Crippen LogP) is 1.57. The van der Waals surface area contributed by atoms with Gasteiger partial charge in [-0.3, -0.25) is 4.99 Å². The molecule has 2 aliphatic heterocycles. The molecule has 0 aromatic carbocycles. The van der Waals surface area contributed by atoms with Crippen LogP contribution in [0.1, 0.15) is 32.6 Å². The summed E-state index contributed by atoms with van der Waals surface area (Å²) in [6.45, 7) is 11.9. The van der Waals surface area contributed by atoms with Crippen molar-refractivity contribution in [2.45, 2.75) is 32.6 Å². The van der Waals surface area contributed by atoms with E-state index in [0.717, 1.165) is 24.3 Å². The Morgan fingerprint density at radius 3 is 2.29 bits per heavy atom. The second-order valence-corrected chi connectivity index (χ2v) is 8.35. The molecule has 0 aromatic heterocycles. The highest BCUT2D eigenvalue weighted by Gasteiger charge is 2.35. The molecule has 2 heterocycles. The van der Waals surface area contributed by atoms with Gasteiger partial charge in [-0.15, -0.1) is 0 Å². The summed E-state index contributed by atoms with van der Waals surface area (Å²) in [5, 5.41) is 3.66. The van der Waals surface area contributed by atoms with Gasteiger partial charge in [-0.25, -0.2) is 0 Å². The number of fused-ring (bicyclic) bond motifs is 1. The van der Waals surface area contributed by atoms with Crippen LogP contribution in [0.2, 0.25) is 0 Å². The molecule has 1 aliphatic carbocycles. The molecule has 1 N–H and O–H groups in total. The Morgan fingerprint density at radius 1 is 1.08 bits per heavy atom. The van der Waals surface area contributed by atoms with E-state index in [2.05, 4.69) is 39.0 Å². The summed E-state index contributed by atoms with van der Waals surface area (Å²) in [5.41, 5.74) is 0. The Labute approximate surface area is 148 Å². The molecule has 5 heteroatoms. The fourth-order valence-corrected chi connectivity index (χ4v) is 4.71. The Balaban J connectivity index is 1.41. The van der Waals surface area contributed by atoms with Crippen molar-refractivity contribution in [3.63, 3.8) is 0 Å². The average Bonchev–Trinajstić information content (AvgIpc) is 3.01. The van der Waals surface area contributed by atoms with Crippen LogP contribution >= 0.6 is 0 Å². The SMILES string of the molecule is CN=C(NCC(C)CN1CCN(C)CC1)N1CC2CCCCC2C1. The highest BCUT2D eigenvalue weighted by molar-refractivity contribution is 5.80. The number of rotatable bonds is 4. The third-order valence-corrected chi connectivity index (χ3v) is 6.26. The maximum atomic E-state index is 4.57. The van der Waals surface area contributed by atoms with E-state index in [4.69, 9.17) is 0 Å². The molecule has 24 heavy (non-hydrogen) atoms. The molecule has 0 aromatic rings. The summed E-state index contributed by atoms with van der Waals surface area (Å²) in [7, 11) is 4.16. The highest BCUT2D eigenvalue weighted by atomic mass is 15.3. The Bertz CT molecular complexity index is 402. The van der Waals surface area contributed by atoms with E-state index in [1.54, 1.807) is 0 Å². The Kier molecular flexibility index (Phi) is 6.39. The molecule has 0 spiro atoms. The van der Waals surface area contributed by atoms with E-state index in [1.807, 2.05) is 7.05 Å². The highest BCUT2D eigenvalue weighted by Crippen LogP contribution is 2.35. The van der Waals surface area contributed by atoms with Crippen molar-refractivity contribution < 1.29 is 0 Å². The molecule has 138 valence electrons. The van der Waals surface area contributed by atoms with Gasteiger partial charge in [0.05, 0.1) is 0 Å². The lowest BCUT2D eigenvalue weighted by atomic mass is 9.82. The predicted molar refractivity (Wildman–Crippen MR) is 101 cm³/mol. The van der Waals surface area contributed by atoms with Crippen LogP contribution < -0.4 is 5.32 Å². The van der Waals surface area contributed by atoms with Crippen molar-refractivity contribution in [2.24, 2.45) is 22.7 Å². The van der Waals surface area contributed by atoms with Gasteiger partial charge >= 0.3 is 0 Å². The van der Waals surface area contributed by atoms with Gasteiger partial charge in [-0.2, -0.15) is 0 Å². The first kappa shape index (κ1) is 18.0. The molecule has 3 rings (SSSR count). The minimum atomic E-state index is 0.662. The van der Waals surface area contributed by atoms with Crippen LogP contribution in [0.4, 0.5) is 0 Å². The minimum Gasteiger partial charge on any atom is -0.356 e. The summed E-state index contributed by atoms with van der Waals surface area (Å²) in [6.07, 6.45) is 5.72.